The van der Waals surface area contributed by atoms with E-state index in [0.29, 0.717) is 12.8 Å². The van der Waals surface area contributed by atoms with Crippen LogP contribution in [0, 0.1) is 5.92 Å². The number of carbonyl (C=O) groups excluding carboxylic acids is 1. The van der Waals surface area contributed by atoms with E-state index in [1.807, 2.05) is 13.8 Å². The van der Waals surface area contributed by atoms with Crippen LogP contribution in [-0.4, -0.2) is 34.9 Å². The summed E-state index contributed by atoms with van der Waals surface area (Å²) >= 11 is 0. The van der Waals surface area contributed by atoms with Crippen molar-refractivity contribution < 1.29 is 15.0 Å². The molecular weight excluding hydrogens is 182 g/mol. The van der Waals surface area contributed by atoms with Crippen LogP contribution in [0.5, 0.6) is 0 Å². The summed E-state index contributed by atoms with van der Waals surface area (Å²) in [6.45, 7) is 5.73. The number of aliphatic hydroxyl groups is 2. The Kier molecular flexibility index (Phi) is 6.49. The first-order valence-electron chi connectivity index (χ1n) is 5.06. The molecule has 2 atom stereocenters. The van der Waals surface area contributed by atoms with Gasteiger partial charge in [-0.1, -0.05) is 13.8 Å². The summed E-state index contributed by atoms with van der Waals surface area (Å²) in [5.41, 5.74) is 0. The fraction of sp³-hybridized carbons (Fsp3) is 0.900. The molecule has 0 aromatic heterocycles. The summed E-state index contributed by atoms with van der Waals surface area (Å²) in [5, 5.41) is 20.9. The third-order valence-electron chi connectivity index (χ3n) is 2.07. The standard InChI is InChI=1S/C10H21NO3/c1-7(2)9(13)6-11-10(14)5-4-8(3)12/h7-9,12-13H,4-6H2,1-3H3,(H,11,14). The first-order chi connectivity index (χ1) is 6.43. The molecule has 4 heteroatoms. The topological polar surface area (TPSA) is 69.6 Å². The second-order valence-electron chi connectivity index (χ2n) is 4.00. The van der Waals surface area contributed by atoms with Gasteiger partial charge in [0.25, 0.3) is 0 Å². The molecule has 0 aromatic rings. The van der Waals surface area contributed by atoms with E-state index >= 15 is 0 Å². The highest BCUT2D eigenvalue weighted by Crippen LogP contribution is 2.00. The van der Waals surface area contributed by atoms with Crippen molar-refractivity contribution >= 4 is 5.91 Å². The van der Waals surface area contributed by atoms with Crippen LogP contribution in [0.1, 0.15) is 33.6 Å². The van der Waals surface area contributed by atoms with Crippen LogP contribution in [0.2, 0.25) is 0 Å². The van der Waals surface area contributed by atoms with Crippen molar-refractivity contribution in [3.8, 4) is 0 Å². The molecule has 0 aliphatic rings. The van der Waals surface area contributed by atoms with E-state index in [4.69, 9.17) is 5.11 Å². The summed E-state index contributed by atoms with van der Waals surface area (Å²) in [7, 11) is 0. The van der Waals surface area contributed by atoms with Gasteiger partial charge in [-0.2, -0.15) is 0 Å². The summed E-state index contributed by atoms with van der Waals surface area (Å²) < 4.78 is 0. The molecule has 4 nitrogen and oxygen atoms in total. The molecule has 0 saturated carbocycles. The van der Waals surface area contributed by atoms with Crippen LogP contribution in [-0.2, 0) is 4.79 Å². The van der Waals surface area contributed by atoms with Crippen LogP contribution >= 0.6 is 0 Å². The van der Waals surface area contributed by atoms with Gasteiger partial charge in [-0.05, 0) is 19.3 Å². The monoisotopic (exact) mass is 203 g/mol. The first kappa shape index (κ1) is 13.4. The molecular formula is C10H21NO3. The molecule has 84 valence electrons. The lowest BCUT2D eigenvalue weighted by molar-refractivity contribution is -0.122. The van der Waals surface area contributed by atoms with Gasteiger partial charge in [0.2, 0.25) is 5.91 Å². The minimum absolute atomic E-state index is 0.120. The minimum Gasteiger partial charge on any atom is -0.393 e. The first-order valence-corrected chi connectivity index (χ1v) is 5.06. The molecule has 0 heterocycles. The average molecular weight is 203 g/mol. The lowest BCUT2D eigenvalue weighted by Gasteiger charge is -2.15. The average Bonchev–Trinajstić information content (AvgIpc) is 2.10. The zero-order valence-corrected chi connectivity index (χ0v) is 9.16. The fourth-order valence-electron chi connectivity index (χ4n) is 0.882. The SMILES string of the molecule is CC(O)CCC(=O)NCC(O)C(C)C. The molecule has 0 spiro atoms. The molecule has 0 aliphatic heterocycles. The van der Waals surface area contributed by atoms with E-state index in [9.17, 15) is 9.90 Å². The lowest BCUT2D eigenvalue weighted by atomic mass is 10.1. The number of hydrogen-bond donors (Lipinski definition) is 3. The molecule has 0 saturated heterocycles. The zero-order valence-electron chi connectivity index (χ0n) is 9.16. The summed E-state index contributed by atoms with van der Waals surface area (Å²) in [6, 6.07) is 0. The van der Waals surface area contributed by atoms with E-state index in [1.165, 1.54) is 0 Å². The number of rotatable bonds is 6. The van der Waals surface area contributed by atoms with Crippen LogP contribution in [0.25, 0.3) is 0 Å². The Morgan fingerprint density at radius 3 is 2.29 bits per heavy atom. The van der Waals surface area contributed by atoms with E-state index in [0.717, 1.165) is 0 Å². The molecule has 14 heavy (non-hydrogen) atoms. The van der Waals surface area contributed by atoms with Gasteiger partial charge in [-0.25, -0.2) is 0 Å². The van der Waals surface area contributed by atoms with Crippen LogP contribution in [0.3, 0.4) is 0 Å². The Bertz CT molecular complexity index is 169. The smallest absolute Gasteiger partial charge is 0.220 e. The summed E-state index contributed by atoms with van der Waals surface area (Å²) in [4.78, 5) is 11.1. The maximum atomic E-state index is 11.1. The molecule has 0 rings (SSSR count). The Balaban J connectivity index is 3.54. The van der Waals surface area contributed by atoms with Gasteiger partial charge in [0.05, 0.1) is 12.2 Å². The largest absolute Gasteiger partial charge is 0.393 e. The number of carbonyl (C=O) groups is 1. The third kappa shape index (κ3) is 6.86. The van der Waals surface area contributed by atoms with Crippen LogP contribution in [0.15, 0.2) is 0 Å². The summed E-state index contributed by atoms with van der Waals surface area (Å²) in [6.07, 6.45) is -0.173. The van der Waals surface area contributed by atoms with Crippen molar-refractivity contribution in [2.24, 2.45) is 5.92 Å². The molecule has 0 aliphatic carbocycles. The van der Waals surface area contributed by atoms with Gasteiger partial charge >= 0.3 is 0 Å². The van der Waals surface area contributed by atoms with E-state index < -0.39 is 12.2 Å². The predicted molar refractivity (Wildman–Crippen MR) is 54.8 cm³/mol. The van der Waals surface area contributed by atoms with Crippen molar-refractivity contribution in [2.75, 3.05) is 6.54 Å². The van der Waals surface area contributed by atoms with Crippen LogP contribution < -0.4 is 5.32 Å². The fourth-order valence-corrected chi connectivity index (χ4v) is 0.882. The van der Waals surface area contributed by atoms with Crippen molar-refractivity contribution in [2.45, 2.75) is 45.8 Å². The number of aliphatic hydroxyl groups excluding tert-OH is 2. The maximum Gasteiger partial charge on any atom is 0.220 e. The minimum atomic E-state index is -0.495. The molecule has 0 fully saturated rings. The highest BCUT2D eigenvalue weighted by molar-refractivity contribution is 5.75. The second-order valence-corrected chi connectivity index (χ2v) is 4.00. The maximum absolute atomic E-state index is 11.1. The van der Waals surface area contributed by atoms with Gasteiger partial charge in [-0.3, -0.25) is 4.79 Å². The Labute approximate surface area is 85.3 Å². The van der Waals surface area contributed by atoms with Crippen LogP contribution in [0.4, 0.5) is 0 Å². The third-order valence-corrected chi connectivity index (χ3v) is 2.07. The van der Waals surface area contributed by atoms with Gasteiger partial charge < -0.3 is 15.5 Å². The molecule has 1 amide bonds. The Morgan fingerprint density at radius 1 is 1.29 bits per heavy atom. The second kappa shape index (κ2) is 6.79. The number of hydrogen-bond acceptors (Lipinski definition) is 3. The number of nitrogens with one attached hydrogen (secondary N) is 1. The molecule has 2 unspecified atom stereocenters. The number of amides is 1. The van der Waals surface area contributed by atoms with E-state index in [-0.39, 0.29) is 18.4 Å². The van der Waals surface area contributed by atoms with Crippen molar-refractivity contribution in [1.29, 1.82) is 0 Å². The van der Waals surface area contributed by atoms with Gasteiger partial charge in [-0.15, -0.1) is 0 Å². The predicted octanol–water partition coefficient (Wildman–Crippen LogP) is 0.280. The Hall–Kier alpha value is -0.610. The van der Waals surface area contributed by atoms with Gasteiger partial charge in [0.1, 0.15) is 0 Å². The van der Waals surface area contributed by atoms with Crippen molar-refractivity contribution in [1.82, 2.24) is 5.32 Å². The Morgan fingerprint density at radius 2 is 1.86 bits per heavy atom. The highest BCUT2D eigenvalue weighted by Gasteiger charge is 2.10. The van der Waals surface area contributed by atoms with E-state index in [2.05, 4.69) is 5.32 Å². The van der Waals surface area contributed by atoms with E-state index in [1.54, 1.807) is 6.92 Å². The van der Waals surface area contributed by atoms with Gasteiger partial charge in [0.15, 0.2) is 0 Å². The quantitative estimate of drug-likeness (QED) is 0.581. The molecule has 0 radical (unpaired) electrons. The highest BCUT2D eigenvalue weighted by atomic mass is 16.3. The molecule has 0 aromatic carbocycles. The van der Waals surface area contributed by atoms with Gasteiger partial charge in [0, 0.05) is 13.0 Å². The van der Waals surface area contributed by atoms with Crippen molar-refractivity contribution in [3.05, 3.63) is 0 Å². The summed E-state index contributed by atoms with van der Waals surface area (Å²) in [5.74, 6) is 0.0256. The van der Waals surface area contributed by atoms with Crippen molar-refractivity contribution in [3.63, 3.8) is 0 Å². The lowest BCUT2D eigenvalue weighted by Crippen LogP contribution is -2.34. The molecule has 0 bridgehead atoms. The normalized spacial score (nSPS) is 15.3. The zero-order chi connectivity index (χ0) is 11.1. The molecule has 3 N–H and O–H groups in total.